The lowest BCUT2D eigenvalue weighted by Gasteiger charge is -2.31. The van der Waals surface area contributed by atoms with E-state index in [1.807, 2.05) is 52.0 Å². The van der Waals surface area contributed by atoms with Crippen molar-refractivity contribution in [1.82, 2.24) is 24.9 Å². The molecular formula is C38H57F3N6O4. The molecule has 1 saturated heterocycles. The molecule has 51 heavy (non-hydrogen) atoms. The summed E-state index contributed by atoms with van der Waals surface area (Å²) in [5, 5.41) is 0. The van der Waals surface area contributed by atoms with Crippen molar-refractivity contribution in [3.8, 4) is 5.88 Å². The average molecular weight is 719 g/mol. The van der Waals surface area contributed by atoms with Crippen LogP contribution in [0.25, 0.3) is 11.0 Å². The van der Waals surface area contributed by atoms with Gasteiger partial charge in [0.05, 0.1) is 54.5 Å². The number of nitrogens with two attached hydrogens (primary N) is 1. The number of benzene rings is 1. The van der Waals surface area contributed by atoms with Gasteiger partial charge >= 0.3 is 6.18 Å². The highest BCUT2D eigenvalue weighted by Gasteiger charge is 2.66. The van der Waals surface area contributed by atoms with Crippen LogP contribution in [0.15, 0.2) is 36.4 Å². The molecule has 2 aromatic heterocycles. The summed E-state index contributed by atoms with van der Waals surface area (Å²) < 4.78 is 60.0. The van der Waals surface area contributed by atoms with Crippen LogP contribution >= 0.6 is 0 Å². The van der Waals surface area contributed by atoms with Crippen molar-refractivity contribution >= 4 is 11.0 Å². The van der Waals surface area contributed by atoms with Crippen molar-refractivity contribution in [2.45, 2.75) is 117 Å². The highest BCUT2D eigenvalue weighted by Crippen LogP contribution is 2.62. The summed E-state index contributed by atoms with van der Waals surface area (Å²) in [4.78, 5) is 18.1. The summed E-state index contributed by atoms with van der Waals surface area (Å²) in [6.07, 6.45) is -0.863. The molecule has 0 radical (unpaired) electrons. The van der Waals surface area contributed by atoms with E-state index in [2.05, 4.69) is 27.9 Å². The standard InChI is InChI=1S/C38H57F3N6O4/c1-7-18-48-26-47-31-19-27(22-51-45-35(3,4)24-50-36(5,6)23-42)12-13-30(31)43-33(47)21-46-16-14-28(15-17-46)29-10-9-11-34(44-29)49-25-37(8-2)20-32(37)38(39,40)41/h9-13,19,28,32,45H,7-8,14-18,20-26,42H2,1-6H3. The van der Waals surface area contributed by atoms with Crippen LogP contribution in [0.4, 0.5) is 13.2 Å². The van der Waals surface area contributed by atoms with Crippen molar-refractivity contribution in [2.75, 3.05) is 39.5 Å². The Hall–Kier alpha value is -2.81. The molecule has 1 aliphatic heterocycles. The highest BCUT2D eigenvalue weighted by molar-refractivity contribution is 5.77. The number of nitrogens with zero attached hydrogens (tertiary/aromatic N) is 4. The fourth-order valence-corrected chi connectivity index (χ4v) is 6.66. The molecule has 2 fully saturated rings. The van der Waals surface area contributed by atoms with Crippen molar-refractivity contribution in [2.24, 2.45) is 17.1 Å². The Balaban J connectivity index is 1.18. The molecule has 3 N–H and O–H groups in total. The van der Waals surface area contributed by atoms with Crippen LogP contribution in [-0.4, -0.2) is 76.2 Å². The minimum atomic E-state index is -4.18. The van der Waals surface area contributed by atoms with Crippen LogP contribution in [0.5, 0.6) is 5.88 Å². The van der Waals surface area contributed by atoms with Crippen LogP contribution in [0.1, 0.15) is 96.6 Å². The predicted octanol–water partition coefficient (Wildman–Crippen LogP) is 7.11. The lowest BCUT2D eigenvalue weighted by molar-refractivity contribution is -0.158. The van der Waals surface area contributed by atoms with Crippen molar-refractivity contribution < 1.29 is 32.2 Å². The second-order valence-corrected chi connectivity index (χ2v) is 15.6. The lowest BCUT2D eigenvalue weighted by atomic mass is 9.93. The molecule has 2 atom stereocenters. The zero-order valence-corrected chi connectivity index (χ0v) is 31.2. The molecule has 5 rings (SSSR count). The van der Waals surface area contributed by atoms with Gasteiger partial charge in [0.1, 0.15) is 12.6 Å². The topological polar surface area (TPSA) is 109 Å². The molecule has 1 aliphatic carbocycles. The van der Waals surface area contributed by atoms with Crippen molar-refractivity contribution in [3.63, 3.8) is 0 Å². The summed E-state index contributed by atoms with van der Waals surface area (Å²) in [6.45, 7) is 16.7. The summed E-state index contributed by atoms with van der Waals surface area (Å²) >= 11 is 0. The third-order valence-electron chi connectivity index (χ3n) is 10.3. The minimum Gasteiger partial charge on any atom is -0.477 e. The van der Waals surface area contributed by atoms with Crippen LogP contribution in [-0.2, 0) is 34.2 Å². The van der Waals surface area contributed by atoms with Gasteiger partial charge in [0, 0.05) is 36.2 Å². The zero-order chi connectivity index (χ0) is 36.9. The average Bonchev–Trinajstić information content (AvgIpc) is 3.77. The molecule has 1 aromatic carbocycles. The molecule has 0 bridgehead atoms. The van der Waals surface area contributed by atoms with E-state index in [4.69, 9.17) is 34.7 Å². The molecule has 10 nitrogen and oxygen atoms in total. The minimum absolute atomic E-state index is 0.0405. The van der Waals surface area contributed by atoms with Gasteiger partial charge in [-0.1, -0.05) is 26.0 Å². The lowest BCUT2D eigenvalue weighted by Crippen LogP contribution is -2.47. The fraction of sp³-hybridized carbons (Fsp3) is 0.684. The first-order chi connectivity index (χ1) is 24.2. The summed E-state index contributed by atoms with van der Waals surface area (Å²) in [6, 6.07) is 11.8. The number of nitrogens with one attached hydrogen (secondary N) is 1. The normalized spacial score (nSPS) is 20.7. The summed E-state index contributed by atoms with van der Waals surface area (Å²) in [5.41, 5.74) is 11.2. The number of piperidine rings is 1. The Morgan fingerprint density at radius 2 is 1.80 bits per heavy atom. The molecule has 0 amide bonds. The maximum atomic E-state index is 13.3. The molecule has 3 aromatic rings. The first-order valence-corrected chi connectivity index (χ1v) is 18.3. The number of likely N-dealkylation sites (tertiary alicyclic amines) is 1. The fourth-order valence-electron chi connectivity index (χ4n) is 6.66. The Bertz CT molecular complexity index is 1570. The van der Waals surface area contributed by atoms with E-state index in [0.29, 0.717) is 51.9 Å². The molecule has 0 spiro atoms. The third kappa shape index (κ3) is 10.4. The quantitative estimate of drug-likeness (QED) is 0.0991. The largest absolute Gasteiger partial charge is 0.477 e. The van der Waals surface area contributed by atoms with Gasteiger partial charge in [-0.15, -0.1) is 0 Å². The Morgan fingerprint density at radius 1 is 1.04 bits per heavy atom. The molecule has 1 saturated carbocycles. The van der Waals surface area contributed by atoms with Gasteiger partial charge < -0.3 is 24.5 Å². The number of alkyl halides is 3. The van der Waals surface area contributed by atoms with E-state index < -0.39 is 28.6 Å². The molecule has 2 unspecified atom stereocenters. The van der Waals surface area contributed by atoms with Crippen LogP contribution in [0.3, 0.4) is 0 Å². The summed E-state index contributed by atoms with van der Waals surface area (Å²) in [7, 11) is 0. The van der Waals surface area contributed by atoms with E-state index in [9.17, 15) is 13.2 Å². The van der Waals surface area contributed by atoms with Gasteiger partial charge in [0.15, 0.2) is 0 Å². The van der Waals surface area contributed by atoms with E-state index in [0.717, 1.165) is 60.5 Å². The number of fused-ring (bicyclic) bond motifs is 1. The van der Waals surface area contributed by atoms with Crippen LogP contribution < -0.4 is 16.0 Å². The molecule has 13 heteroatoms. The SMILES string of the molecule is CCCOCn1c(CN2CCC(c3cccc(OCC4(CC)CC4C(F)(F)F)n3)CC2)nc2ccc(CONC(C)(C)COC(C)(C)CN)cc21. The van der Waals surface area contributed by atoms with Crippen molar-refractivity contribution in [1.29, 1.82) is 0 Å². The number of pyridine rings is 1. The van der Waals surface area contributed by atoms with E-state index in [1.54, 1.807) is 13.0 Å². The summed E-state index contributed by atoms with van der Waals surface area (Å²) in [5.74, 6) is 0.319. The zero-order valence-electron chi connectivity index (χ0n) is 31.2. The number of aromatic nitrogens is 3. The van der Waals surface area contributed by atoms with Gasteiger partial charge in [-0.05, 0) is 96.7 Å². The predicted molar refractivity (Wildman–Crippen MR) is 191 cm³/mol. The molecule has 3 heterocycles. The second-order valence-electron chi connectivity index (χ2n) is 15.6. The maximum Gasteiger partial charge on any atom is 0.392 e. The van der Waals surface area contributed by atoms with E-state index in [-0.39, 0.29) is 18.9 Å². The first-order valence-electron chi connectivity index (χ1n) is 18.3. The molecule has 2 aliphatic rings. The van der Waals surface area contributed by atoms with Crippen LogP contribution in [0, 0.1) is 11.3 Å². The molecular weight excluding hydrogens is 661 g/mol. The number of imidazole rings is 1. The first kappa shape index (κ1) is 39.4. The Kier molecular flexibility index (Phi) is 12.7. The van der Waals surface area contributed by atoms with Gasteiger partial charge in [0.2, 0.25) is 5.88 Å². The monoisotopic (exact) mass is 718 g/mol. The number of hydroxylamine groups is 1. The van der Waals surface area contributed by atoms with Gasteiger partial charge in [-0.25, -0.2) is 9.97 Å². The Morgan fingerprint density at radius 3 is 2.47 bits per heavy atom. The number of ether oxygens (including phenoxy) is 3. The third-order valence-corrected chi connectivity index (χ3v) is 10.3. The van der Waals surface area contributed by atoms with Crippen LogP contribution in [0.2, 0.25) is 0 Å². The maximum absolute atomic E-state index is 13.3. The number of halogens is 3. The molecule has 284 valence electrons. The van der Waals surface area contributed by atoms with Gasteiger partial charge in [0.25, 0.3) is 0 Å². The second kappa shape index (κ2) is 16.5. The van der Waals surface area contributed by atoms with Gasteiger partial charge in [-0.3, -0.25) is 9.74 Å². The number of hydrogen-bond donors (Lipinski definition) is 2. The van der Waals surface area contributed by atoms with E-state index in [1.165, 1.54) is 0 Å². The van der Waals surface area contributed by atoms with E-state index >= 15 is 0 Å². The smallest absolute Gasteiger partial charge is 0.392 e. The van der Waals surface area contributed by atoms with Gasteiger partial charge in [-0.2, -0.15) is 18.7 Å². The number of hydrogen-bond acceptors (Lipinski definition) is 9. The number of rotatable bonds is 19. The van der Waals surface area contributed by atoms with Crippen molar-refractivity contribution in [3.05, 3.63) is 53.5 Å². The Labute approximate surface area is 300 Å². The highest BCUT2D eigenvalue weighted by atomic mass is 19.4.